The zero-order valence-corrected chi connectivity index (χ0v) is 10.8. The van der Waals surface area contributed by atoms with E-state index in [0.29, 0.717) is 5.56 Å². The minimum Gasteiger partial charge on any atom is -0.452 e. The molecule has 0 saturated heterocycles. The van der Waals surface area contributed by atoms with Gasteiger partial charge in [0.25, 0.3) is 5.91 Å². The molecule has 0 fully saturated rings. The molecular weight excluding hydrogens is 250 g/mol. The van der Waals surface area contributed by atoms with Crippen molar-refractivity contribution < 1.29 is 23.9 Å². The summed E-state index contributed by atoms with van der Waals surface area (Å²) < 4.78 is 9.26. The van der Waals surface area contributed by atoms with Crippen molar-refractivity contribution in [3.05, 3.63) is 35.4 Å². The average Bonchev–Trinajstić information content (AvgIpc) is 2.37. The maximum atomic E-state index is 11.6. The summed E-state index contributed by atoms with van der Waals surface area (Å²) >= 11 is 0. The number of esters is 1. The number of carbonyl (C=O) groups excluding carboxylic acids is 3. The number of imide groups is 1. The summed E-state index contributed by atoms with van der Waals surface area (Å²) in [7, 11) is 0. The molecule has 1 N–H and O–H groups in total. The minimum atomic E-state index is -0.862. The van der Waals surface area contributed by atoms with Gasteiger partial charge in [-0.3, -0.25) is 10.1 Å². The number of benzene rings is 1. The quantitative estimate of drug-likeness (QED) is 0.833. The normalized spacial score (nSPS) is 9.58. The first kappa shape index (κ1) is 14.7. The number of rotatable bonds is 4. The van der Waals surface area contributed by atoms with Crippen LogP contribution >= 0.6 is 0 Å². The van der Waals surface area contributed by atoms with Crippen LogP contribution in [-0.2, 0) is 14.3 Å². The number of hydrogen-bond acceptors (Lipinski definition) is 5. The number of nitrogens with one attached hydrogen (secondary N) is 1. The van der Waals surface area contributed by atoms with Crippen LogP contribution in [0, 0.1) is 6.92 Å². The Balaban J connectivity index is 2.40. The van der Waals surface area contributed by atoms with Gasteiger partial charge >= 0.3 is 12.1 Å². The van der Waals surface area contributed by atoms with Gasteiger partial charge in [-0.25, -0.2) is 9.59 Å². The Hall–Kier alpha value is -2.37. The lowest BCUT2D eigenvalue weighted by molar-refractivity contribution is -0.123. The van der Waals surface area contributed by atoms with E-state index in [1.807, 2.05) is 12.2 Å². The van der Waals surface area contributed by atoms with Gasteiger partial charge in [-0.1, -0.05) is 17.7 Å². The molecule has 0 heterocycles. The molecule has 0 aliphatic carbocycles. The molecule has 6 nitrogen and oxygen atoms in total. The molecule has 19 heavy (non-hydrogen) atoms. The predicted molar refractivity (Wildman–Crippen MR) is 66.6 cm³/mol. The standard InChI is InChI=1S/C13H15NO5/c1-3-18-13(17)14-11(15)8-19-12(16)10-6-4-9(2)5-7-10/h4-7H,3,8H2,1-2H3,(H,14,15,17). The fourth-order valence-corrected chi connectivity index (χ4v) is 1.22. The van der Waals surface area contributed by atoms with E-state index in [9.17, 15) is 14.4 Å². The molecule has 102 valence electrons. The van der Waals surface area contributed by atoms with Crippen LogP contribution in [0.2, 0.25) is 0 Å². The number of amides is 2. The van der Waals surface area contributed by atoms with Crippen LogP contribution in [0.3, 0.4) is 0 Å². The van der Waals surface area contributed by atoms with Gasteiger partial charge in [0, 0.05) is 0 Å². The largest absolute Gasteiger partial charge is 0.452 e. The fraction of sp³-hybridized carbons (Fsp3) is 0.308. The summed E-state index contributed by atoms with van der Waals surface area (Å²) in [4.78, 5) is 33.7. The van der Waals surface area contributed by atoms with Crippen LogP contribution in [0.25, 0.3) is 0 Å². The molecule has 1 aromatic rings. The van der Waals surface area contributed by atoms with Crippen LogP contribution in [0.5, 0.6) is 0 Å². The number of carbonyl (C=O) groups is 3. The first-order valence-electron chi connectivity index (χ1n) is 5.73. The number of hydrogen-bond donors (Lipinski definition) is 1. The molecule has 0 aromatic heterocycles. The van der Waals surface area contributed by atoms with Crippen molar-refractivity contribution in [2.24, 2.45) is 0 Å². The molecule has 1 rings (SSSR count). The summed E-state index contributed by atoms with van der Waals surface area (Å²) in [5.74, 6) is -1.36. The van der Waals surface area contributed by atoms with Gasteiger partial charge in [0.05, 0.1) is 12.2 Å². The third-order valence-corrected chi connectivity index (χ3v) is 2.14. The third kappa shape index (κ3) is 5.20. The SMILES string of the molecule is CCOC(=O)NC(=O)COC(=O)c1ccc(C)cc1. The second kappa shape index (κ2) is 7.15. The lowest BCUT2D eigenvalue weighted by Gasteiger charge is -2.05. The number of ether oxygens (including phenoxy) is 2. The number of alkyl carbamates (subject to hydrolysis) is 1. The van der Waals surface area contributed by atoms with Gasteiger partial charge in [0.2, 0.25) is 0 Å². The number of aryl methyl sites for hydroxylation is 1. The summed E-state index contributed by atoms with van der Waals surface area (Å²) in [6, 6.07) is 6.71. The molecule has 0 spiro atoms. The lowest BCUT2D eigenvalue weighted by Crippen LogP contribution is -2.34. The van der Waals surface area contributed by atoms with E-state index in [4.69, 9.17) is 4.74 Å². The second-order valence-electron chi connectivity index (χ2n) is 3.71. The van der Waals surface area contributed by atoms with Gasteiger partial charge in [-0.05, 0) is 26.0 Å². The molecule has 0 unspecified atom stereocenters. The van der Waals surface area contributed by atoms with Gasteiger partial charge in [0.15, 0.2) is 6.61 Å². The highest BCUT2D eigenvalue weighted by Crippen LogP contribution is 2.04. The smallest absolute Gasteiger partial charge is 0.413 e. The van der Waals surface area contributed by atoms with E-state index in [-0.39, 0.29) is 6.61 Å². The van der Waals surface area contributed by atoms with Gasteiger partial charge < -0.3 is 9.47 Å². The van der Waals surface area contributed by atoms with Gasteiger partial charge in [0.1, 0.15) is 0 Å². The van der Waals surface area contributed by atoms with Crippen molar-refractivity contribution in [2.45, 2.75) is 13.8 Å². The van der Waals surface area contributed by atoms with Crippen LogP contribution < -0.4 is 5.32 Å². The zero-order valence-electron chi connectivity index (χ0n) is 10.8. The van der Waals surface area contributed by atoms with E-state index < -0.39 is 24.6 Å². The Morgan fingerprint density at radius 1 is 1.11 bits per heavy atom. The average molecular weight is 265 g/mol. The Bertz CT molecular complexity index is 466. The summed E-state index contributed by atoms with van der Waals surface area (Å²) in [6.45, 7) is 3.12. The van der Waals surface area contributed by atoms with E-state index in [0.717, 1.165) is 5.56 Å². The molecule has 0 aliphatic rings. The highest BCUT2D eigenvalue weighted by atomic mass is 16.6. The fourth-order valence-electron chi connectivity index (χ4n) is 1.22. The van der Waals surface area contributed by atoms with Crippen molar-refractivity contribution in [1.82, 2.24) is 5.32 Å². The first-order valence-corrected chi connectivity index (χ1v) is 5.73. The van der Waals surface area contributed by atoms with Crippen molar-refractivity contribution in [3.63, 3.8) is 0 Å². The molecule has 2 amide bonds. The Kier molecular flexibility index (Phi) is 5.53. The molecule has 0 bridgehead atoms. The summed E-state index contributed by atoms with van der Waals surface area (Å²) in [5.41, 5.74) is 1.35. The lowest BCUT2D eigenvalue weighted by atomic mass is 10.1. The topological polar surface area (TPSA) is 81.7 Å². The zero-order chi connectivity index (χ0) is 14.3. The van der Waals surface area contributed by atoms with Crippen LogP contribution in [0.15, 0.2) is 24.3 Å². The molecular formula is C13H15NO5. The molecule has 0 aliphatic heterocycles. The van der Waals surface area contributed by atoms with Crippen molar-refractivity contribution >= 4 is 18.0 Å². The van der Waals surface area contributed by atoms with Crippen molar-refractivity contribution in [1.29, 1.82) is 0 Å². The predicted octanol–water partition coefficient (Wildman–Crippen LogP) is 1.42. The highest BCUT2D eigenvalue weighted by molar-refractivity contribution is 5.95. The minimum absolute atomic E-state index is 0.155. The van der Waals surface area contributed by atoms with E-state index >= 15 is 0 Å². The van der Waals surface area contributed by atoms with Crippen LogP contribution in [0.4, 0.5) is 4.79 Å². The monoisotopic (exact) mass is 265 g/mol. The Labute approximate surface area is 110 Å². The Morgan fingerprint density at radius 2 is 1.74 bits per heavy atom. The molecule has 6 heteroatoms. The molecule has 0 radical (unpaired) electrons. The Morgan fingerprint density at radius 3 is 2.32 bits per heavy atom. The van der Waals surface area contributed by atoms with E-state index in [1.54, 1.807) is 31.2 Å². The van der Waals surface area contributed by atoms with E-state index in [1.165, 1.54) is 0 Å². The van der Waals surface area contributed by atoms with Crippen LogP contribution in [0.1, 0.15) is 22.8 Å². The molecule has 0 atom stereocenters. The first-order chi connectivity index (χ1) is 9.02. The molecule has 0 saturated carbocycles. The highest BCUT2D eigenvalue weighted by Gasteiger charge is 2.12. The maximum absolute atomic E-state index is 11.6. The van der Waals surface area contributed by atoms with Gasteiger partial charge in [-0.15, -0.1) is 0 Å². The van der Waals surface area contributed by atoms with E-state index in [2.05, 4.69) is 4.74 Å². The summed E-state index contributed by atoms with van der Waals surface area (Å²) in [5, 5.41) is 1.92. The van der Waals surface area contributed by atoms with Crippen molar-refractivity contribution in [3.8, 4) is 0 Å². The van der Waals surface area contributed by atoms with Gasteiger partial charge in [-0.2, -0.15) is 0 Å². The third-order valence-electron chi connectivity index (χ3n) is 2.14. The summed E-state index contributed by atoms with van der Waals surface area (Å²) in [6.07, 6.45) is -0.862. The van der Waals surface area contributed by atoms with Crippen molar-refractivity contribution in [2.75, 3.05) is 13.2 Å². The molecule has 1 aromatic carbocycles. The maximum Gasteiger partial charge on any atom is 0.413 e. The van der Waals surface area contributed by atoms with Crippen LogP contribution in [-0.4, -0.2) is 31.2 Å². The second-order valence-corrected chi connectivity index (χ2v) is 3.71.